The van der Waals surface area contributed by atoms with Crippen LogP contribution in [0.3, 0.4) is 0 Å². The molecule has 0 spiro atoms. The lowest BCUT2D eigenvalue weighted by Crippen LogP contribution is -1.92. The number of aliphatic hydroxyl groups is 1. The van der Waals surface area contributed by atoms with Crippen LogP contribution in [0.1, 0.15) is 5.56 Å². The fraction of sp³-hybridized carbons (Fsp3) is 0.0833. The molecule has 3 nitrogen and oxygen atoms in total. The van der Waals surface area contributed by atoms with Crippen LogP contribution in [-0.4, -0.2) is 10.1 Å². The van der Waals surface area contributed by atoms with Crippen LogP contribution in [0.2, 0.25) is 0 Å². The fourth-order valence-electron chi connectivity index (χ4n) is 1.28. The quantitative estimate of drug-likeness (QED) is 0.799. The Morgan fingerprint density at radius 1 is 1.07 bits per heavy atom. The third-order valence-corrected chi connectivity index (χ3v) is 2.07. The van der Waals surface area contributed by atoms with Gasteiger partial charge in [0.25, 0.3) is 0 Å². The molecule has 1 aromatic heterocycles. The van der Waals surface area contributed by atoms with Crippen molar-refractivity contribution in [2.24, 2.45) is 0 Å². The molecule has 0 unspecified atom stereocenters. The molecule has 2 N–H and O–H groups in total. The maximum atomic E-state index is 8.89. The van der Waals surface area contributed by atoms with Crippen molar-refractivity contribution in [2.75, 3.05) is 5.32 Å². The third kappa shape index (κ3) is 2.54. The van der Waals surface area contributed by atoms with Crippen LogP contribution in [-0.2, 0) is 6.61 Å². The van der Waals surface area contributed by atoms with Gasteiger partial charge in [0.15, 0.2) is 0 Å². The van der Waals surface area contributed by atoms with Gasteiger partial charge >= 0.3 is 0 Å². The topological polar surface area (TPSA) is 45.1 Å². The lowest BCUT2D eigenvalue weighted by atomic mass is 10.2. The van der Waals surface area contributed by atoms with Gasteiger partial charge in [-0.3, -0.25) is 0 Å². The molecule has 0 atom stereocenters. The number of rotatable bonds is 3. The number of nitrogens with one attached hydrogen (secondary N) is 1. The normalized spacial score (nSPS) is 9.93. The van der Waals surface area contributed by atoms with E-state index in [4.69, 9.17) is 5.11 Å². The maximum absolute atomic E-state index is 8.89. The minimum Gasteiger partial charge on any atom is -0.392 e. The van der Waals surface area contributed by atoms with Gasteiger partial charge in [0, 0.05) is 11.9 Å². The predicted molar refractivity (Wildman–Crippen MR) is 59.9 cm³/mol. The summed E-state index contributed by atoms with van der Waals surface area (Å²) in [7, 11) is 0. The van der Waals surface area contributed by atoms with E-state index in [1.54, 1.807) is 6.20 Å². The zero-order chi connectivity index (χ0) is 10.5. The first-order chi connectivity index (χ1) is 7.38. The van der Waals surface area contributed by atoms with E-state index >= 15 is 0 Å². The van der Waals surface area contributed by atoms with Crippen molar-refractivity contribution < 1.29 is 5.11 Å². The second-order valence-electron chi connectivity index (χ2n) is 3.20. The molecule has 0 aliphatic heterocycles. The van der Waals surface area contributed by atoms with Gasteiger partial charge in [-0.25, -0.2) is 4.98 Å². The Kier molecular flexibility index (Phi) is 2.95. The lowest BCUT2D eigenvalue weighted by molar-refractivity contribution is 0.282. The first kappa shape index (κ1) is 9.68. The van der Waals surface area contributed by atoms with E-state index in [0.717, 1.165) is 17.1 Å². The molecule has 2 rings (SSSR count). The summed E-state index contributed by atoms with van der Waals surface area (Å²) in [5.41, 5.74) is 1.87. The molecule has 1 aromatic carbocycles. The average Bonchev–Trinajstić information content (AvgIpc) is 2.31. The molecular weight excluding hydrogens is 188 g/mol. The zero-order valence-corrected chi connectivity index (χ0v) is 8.22. The molecule has 0 saturated carbocycles. The Morgan fingerprint density at radius 3 is 2.47 bits per heavy atom. The number of hydrogen-bond acceptors (Lipinski definition) is 3. The Bertz CT molecular complexity index is 411. The number of nitrogens with zero attached hydrogens (tertiary/aromatic N) is 1. The van der Waals surface area contributed by atoms with Crippen LogP contribution < -0.4 is 5.32 Å². The number of aromatic nitrogens is 1. The highest BCUT2D eigenvalue weighted by Crippen LogP contribution is 2.14. The van der Waals surface area contributed by atoms with Crippen LogP contribution in [0.25, 0.3) is 0 Å². The molecule has 15 heavy (non-hydrogen) atoms. The van der Waals surface area contributed by atoms with Gasteiger partial charge in [0.1, 0.15) is 5.82 Å². The highest BCUT2D eigenvalue weighted by molar-refractivity contribution is 5.55. The first-order valence-corrected chi connectivity index (χ1v) is 4.76. The smallest absolute Gasteiger partial charge is 0.130 e. The van der Waals surface area contributed by atoms with Crippen molar-refractivity contribution in [1.82, 2.24) is 4.98 Å². The SMILES string of the molecule is OCc1ccc(Nc2ccccn2)cc1. The molecule has 76 valence electrons. The Hall–Kier alpha value is -1.87. The summed E-state index contributed by atoms with van der Waals surface area (Å²) >= 11 is 0. The van der Waals surface area contributed by atoms with E-state index in [-0.39, 0.29) is 6.61 Å². The fourth-order valence-corrected chi connectivity index (χ4v) is 1.28. The second-order valence-corrected chi connectivity index (χ2v) is 3.20. The van der Waals surface area contributed by atoms with Crippen molar-refractivity contribution in [1.29, 1.82) is 0 Å². The van der Waals surface area contributed by atoms with Gasteiger partial charge in [0.05, 0.1) is 6.61 Å². The molecule has 0 fully saturated rings. The molecular formula is C12H12N2O. The standard InChI is InChI=1S/C12H12N2O/c15-9-10-4-6-11(7-5-10)14-12-3-1-2-8-13-12/h1-8,15H,9H2,(H,13,14). The van der Waals surface area contributed by atoms with Gasteiger partial charge < -0.3 is 10.4 Å². The number of hydrogen-bond donors (Lipinski definition) is 2. The number of anilines is 2. The van der Waals surface area contributed by atoms with Crippen LogP contribution in [0.4, 0.5) is 11.5 Å². The van der Waals surface area contributed by atoms with Crippen molar-refractivity contribution in [2.45, 2.75) is 6.61 Å². The van der Waals surface area contributed by atoms with Crippen LogP contribution in [0.5, 0.6) is 0 Å². The minimum absolute atomic E-state index is 0.0733. The van der Waals surface area contributed by atoms with Crippen LogP contribution in [0, 0.1) is 0 Å². The summed E-state index contributed by atoms with van der Waals surface area (Å²) in [5, 5.41) is 12.0. The molecule has 2 aromatic rings. The average molecular weight is 200 g/mol. The van der Waals surface area contributed by atoms with Crippen LogP contribution in [0.15, 0.2) is 48.7 Å². The first-order valence-electron chi connectivity index (χ1n) is 4.76. The Morgan fingerprint density at radius 2 is 1.87 bits per heavy atom. The summed E-state index contributed by atoms with van der Waals surface area (Å²) < 4.78 is 0. The number of aliphatic hydroxyl groups excluding tert-OH is 1. The minimum atomic E-state index is 0.0733. The summed E-state index contributed by atoms with van der Waals surface area (Å²) in [5.74, 6) is 0.814. The monoisotopic (exact) mass is 200 g/mol. The zero-order valence-electron chi connectivity index (χ0n) is 8.22. The Labute approximate surface area is 88.4 Å². The molecule has 1 heterocycles. The molecule has 0 aliphatic rings. The third-order valence-electron chi connectivity index (χ3n) is 2.07. The second kappa shape index (κ2) is 4.57. The van der Waals surface area contributed by atoms with Gasteiger partial charge in [0.2, 0.25) is 0 Å². The molecule has 3 heteroatoms. The van der Waals surface area contributed by atoms with E-state index in [2.05, 4.69) is 10.3 Å². The van der Waals surface area contributed by atoms with Gasteiger partial charge in [-0.05, 0) is 29.8 Å². The molecule has 0 bridgehead atoms. The van der Waals surface area contributed by atoms with Crippen molar-refractivity contribution in [3.63, 3.8) is 0 Å². The van der Waals surface area contributed by atoms with Crippen molar-refractivity contribution in [3.8, 4) is 0 Å². The molecule has 0 aliphatic carbocycles. The Balaban J connectivity index is 2.11. The molecule has 0 saturated heterocycles. The van der Waals surface area contributed by atoms with Crippen molar-refractivity contribution >= 4 is 11.5 Å². The molecule has 0 radical (unpaired) electrons. The summed E-state index contributed by atoms with van der Waals surface area (Å²) in [6, 6.07) is 13.3. The van der Waals surface area contributed by atoms with Crippen molar-refractivity contribution in [3.05, 3.63) is 54.2 Å². The number of benzene rings is 1. The largest absolute Gasteiger partial charge is 0.392 e. The van der Waals surface area contributed by atoms with Gasteiger partial charge in [-0.1, -0.05) is 18.2 Å². The predicted octanol–water partition coefficient (Wildman–Crippen LogP) is 2.32. The van der Waals surface area contributed by atoms with E-state index < -0.39 is 0 Å². The van der Waals surface area contributed by atoms with E-state index in [9.17, 15) is 0 Å². The summed E-state index contributed by atoms with van der Waals surface area (Å²) in [6.45, 7) is 0.0733. The van der Waals surface area contributed by atoms with E-state index in [1.807, 2.05) is 42.5 Å². The molecule has 0 amide bonds. The lowest BCUT2D eigenvalue weighted by Gasteiger charge is -2.05. The van der Waals surface area contributed by atoms with Gasteiger partial charge in [-0.2, -0.15) is 0 Å². The van der Waals surface area contributed by atoms with Gasteiger partial charge in [-0.15, -0.1) is 0 Å². The highest BCUT2D eigenvalue weighted by Gasteiger charge is 1.94. The summed E-state index contributed by atoms with van der Waals surface area (Å²) in [4.78, 5) is 4.16. The van der Waals surface area contributed by atoms with E-state index in [0.29, 0.717) is 0 Å². The summed E-state index contributed by atoms with van der Waals surface area (Å²) in [6.07, 6.45) is 1.74. The van der Waals surface area contributed by atoms with E-state index in [1.165, 1.54) is 0 Å². The van der Waals surface area contributed by atoms with Crippen LogP contribution >= 0.6 is 0 Å². The highest BCUT2D eigenvalue weighted by atomic mass is 16.3. The number of pyridine rings is 1. The maximum Gasteiger partial charge on any atom is 0.130 e.